The van der Waals surface area contributed by atoms with Gasteiger partial charge in [-0.2, -0.15) is 5.21 Å². The number of benzene rings is 3. The van der Waals surface area contributed by atoms with Crippen molar-refractivity contribution in [2.45, 2.75) is 18.8 Å². The van der Waals surface area contributed by atoms with Crippen molar-refractivity contribution in [3.8, 4) is 34.0 Å². The zero-order chi connectivity index (χ0) is 23.9. The van der Waals surface area contributed by atoms with Crippen molar-refractivity contribution in [3.63, 3.8) is 0 Å². The third kappa shape index (κ3) is 4.82. The Morgan fingerprint density at radius 2 is 1.78 bits per heavy atom. The third-order valence-electron chi connectivity index (χ3n) is 6.01. The molecule has 0 saturated heterocycles. The minimum atomic E-state index is -1.07. The van der Waals surface area contributed by atoms with Gasteiger partial charge in [-0.25, -0.2) is 9.78 Å². The molecule has 0 spiro atoms. The number of halogens is 1. The molecular formula is C26H18ClKN5O3. The largest absolute Gasteiger partial charge is 0.478 e. The van der Waals surface area contributed by atoms with Crippen LogP contribution in [0, 0.1) is 0 Å². The predicted octanol–water partition coefficient (Wildman–Crippen LogP) is 5.72. The first-order valence-corrected chi connectivity index (χ1v) is 11.4. The molecule has 0 amide bonds. The van der Waals surface area contributed by atoms with Gasteiger partial charge < -0.3 is 9.84 Å². The molecule has 0 aliphatic heterocycles. The zero-order valence-corrected chi connectivity index (χ0v) is 23.2. The number of tetrazole rings is 1. The van der Waals surface area contributed by atoms with Crippen molar-refractivity contribution in [1.82, 2.24) is 25.6 Å². The zero-order valence-electron chi connectivity index (χ0n) is 19.3. The quantitative estimate of drug-likeness (QED) is 0.274. The van der Waals surface area contributed by atoms with E-state index in [1.165, 1.54) is 0 Å². The predicted molar refractivity (Wildman–Crippen MR) is 137 cm³/mol. The Bertz CT molecular complexity index is 1570. The van der Waals surface area contributed by atoms with Crippen LogP contribution >= 0.6 is 11.6 Å². The van der Waals surface area contributed by atoms with Gasteiger partial charge in [-0.3, -0.25) is 0 Å². The summed E-state index contributed by atoms with van der Waals surface area (Å²) in [5, 5.41) is 25.4. The Labute approximate surface area is 253 Å². The number of rotatable bonds is 6. The number of fused-ring (bicyclic) bond motifs is 1. The SMILES string of the molecule is O=C(O)c1c(Oc2ccc(-c3ccccc3-c3nn[nH]n3)cc2)c(C2CC2)nc2cc(Cl)ccc12.[K]. The number of hydrogen-bond donors (Lipinski definition) is 2. The summed E-state index contributed by atoms with van der Waals surface area (Å²) in [6.07, 6.45) is 1.89. The van der Waals surface area contributed by atoms with Gasteiger partial charge in [0.1, 0.15) is 11.3 Å². The van der Waals surface area contributed by atoms with Gasteiger partial charge in [-0.1, -0.05) is 54.1 Å². The first-order valence-electron chi connectivity index (χ1n) is 11.1. The van der Waals surface area contributed by atoms with Gasteiger partial charge in [0.05, 0.1) is 11.2 Å². The molecule has 1 radical (unpaired) electrons. The van der Waals surface area contributed by atoms with E-state index in [1.54, 1.807) is 18.2 Å². The van der Waals surface area contributed by atoms with Crippen molar-refractivity contribution in [1.29, 1.82) is 0 Å². The summed E-state index contributed by atoms with van der Waals surface area (Å²) in [6, 6.07) is 20.3. The summed E-state index contributed by atoms with van der Waals surface area (Å²) in [7, 11) is 0. The van der Waals surface area contributed by atoms with Crippen LogP contribution in [0.25, 0.3) is 33.4 Å². The summed E-state index contributed by atoms with van der Waals surface area (Å²) < 4.78 is 6.22. The van der Waals surface area contributed by atoms with Gasteiger partial charge in [-0.05, 0) is 53.4 Å². The van der Waals surface area contributed by atoms with E-state index in [2.05, 4.69) is 20.6 Å². The van der Waals surface area contributed by atoms with Gasteiger partial charge >= 0.3 is 5.97 Å². The number of ether oxygens (including phenoxy) is 1. The second-order valence-corrected chi connectivity index (χ2v) is 8.79. The van der Waals surface area contributed by atoms with Crippen molar-refractivity contribution < 1.29 is 14.6 Å². The van der Waals surface area contributed by atoms with E-state index in [0.29, 0.717) is 33.2 Å². The molecule has 2 aromatic heterocycles. The van der Waals surface area contributed by atoms with Crippen LogP contribution in [0.2, 0.25) is 5.02 Å². The number of aromatic amines is 1. The van der Waals surface area contributed by atoms with E-state index >= 15 is 0 Å². The fourth-order valence-corrected chi connectivity index (χ4v) is 4.38. The topological polar surface area (TPSA) is 114 Å². The van der Waals surface area contributed by atoms with Crippen molar-refractivity contribution >= 4 is 79.9 Å². The molecule has 36 heavy (non-hydrogen) atoms. The van der Waals surface area contributed by atoms with Crippen molar-refractivity contribution in [3.05, 3.63) is 83.0 Å². The average molecular weight is 523 g/mol. The van der Waals surface area contributed by atoms with Gasteiger partial charge in [-0.15, -0.1) is 10.2 Å². The Balaban J connectivity index is 0.00000267. The van der Waals surface area contributed by atoms with Crippen LogP contribution in [0.4, 0.5) is 0 Å². The van der Waals surface area contributed by atoms with Crippen LogP contribution in [0.3, 0.4) is 0 Å². The summed E-state index contributed by atoms with van der Waals surface area (Å²) in [5.41, 5.74) is 4.03. The molecule has 0 atom stereocenters. The number of carboxylic acids is 1. The van der Waals surface area contributed by atoms with Crippen LogP contribution in [0.1, 0.15) is 34.8 Å². The number of pyridine rings is 1. The maximum Gasteiger partial charge on any atom is 0.340 e. The smallest absolute Gasteiger partial charge is 0.340 e. The Hall–Kier alpha value is -2.66. The van der Waals surface area contributed by atoms with Gasteiger partial charge in [0.2, 0.25) is 5.82 Å². The number of nitrogens with one attached hydrogen (secondary N) is 1. The molecule has 0 bridgehead atoms. The van der Waals surface area contributed by atoms with Crippen molar-refractivity contribution in [2.24, 2.45) is 0 Å². The monoisotopic (exact) mass is 522 g/mol. The van der Waals surface area contributed by atoms with E-state index in [4.69, 9.17) is 21.3 Å². The summed E-state index contributed by atoms with van der Waals surface area (Å²) in [6.45, 7) is 0. The molecule has 2 N–H and O–H groups in total. The Morgan fingerprint density at radius 3 is 2.44 bits per heavy atom. The van der Waals surface area contributed by atoms with Crippen LogP contribution in [0.5, 0.6) is 11.5 Å². The second kappa shape index (κ2) is 10.4. The number of hydrogen-bond acceptors (Lipinski definition) is 6. The second-order valence-electron chi connectivity index (χ2n) is 8.35. The Kier molecular flexibility index (Phi) is 7.20. The molecule has 3 aromatic carbocycles. The molecular weight excluding hydrogens is 505 g/mol. The maximum atomic E-state index is 12.3. The molecule has 1 aliphatic rings. The minimum Gasteiger partial charge on any atom is -0.478 e. The van der Waals surface area contributed by atoms with Gasteiger partial charge in [0, 0.05) is 73.3 Å². The van der Waals surface area contributed by atoms with E-state index in [1.807, 2.05) is 48.5 Å². The van der Waals surface area contributed by atoms with Crippen LogP contribution < -0.4 is 4.74 Å². The Morgan fingerprint density at radius 1 is 1.03 bits per heavy atom. The normalized spacial score (nSPS) is 12.8. The van der Waals surface area contributed by atoms with E-state index in [9.17, 15) is 9.90 Å². The summed E-state index contributed by atoms with van der Waals surface area (Å²) in [5.74, 6) is 0.415. The van der Waals surface area contributed by atoms with Gasteiger partial charge in [0.25, 0.3) is 0 Å². The maximum absolute atomic E-state index is 12.3. The number of carboxylic acid groups (broad SMARTS) is 1. The van der Waals surface area contributed by atoms with E-state index in [-0.39, 0.29) is 68.6 Å². The molecule has 2 heterocycles. The molecule has 0 unspecified atom stereocenters. The number of aromatic nitrogens is 5. The minimum absolute atomic E-state index is 0. The fraction of sp³-hybridized carbons (Fsp3) is 0.115. The van der Waals surface area contributed by atoms with Gasteiger partial charge in [0.15, 0.2) is 5.75 Å². The average Bonchev–Trinajstić information content (AvgIpc) is 3.57. The number of nitrogens with zero attached hydrogens (tertiary/aromatic N) is 4. The number of aromatic carboxylic acids is 1. The molecule has 1 aliphatic carbocycles. The van der Waals surface area contributed by atoms with E-state index in [0.717, 1.165) is 29.5 Å². The first-order chi connectivity index (χ1) is 17.1. The molecule has 8 nitrogen and oxygen atoms in total. The summed E-state index contributed by atoms with van der Waals surface area (Å²) >= 11 is 6.15. The van der Waals surface area contributed by atoms with Crippen molar-refractivity contribution in [2.75, 3.05) is 0 Å². The molecule has 10 heteroatoms. The van der Waals surface area contributed by atoms with E-state index < -0.39 is 5.97 Å². The number of carbonyl (C=O) groups is 1. The molecule has 173 valence electrons. The van der Waals surface area contributed by atoms with Crippen LogP contribution in [-0.2, 0) is 0 Å². The van der Waals surface area contributed by atoms with Crippen LogP contribution in [0.15, 0.2) is 66.7 Å². The fourth-order valence-electron chi connectivity index (χ4n) is 4.21. The standard InChI is InChI=1S/C26H18ClN5O3.K/c27-16-9-12-20-21(13-16)28-23(15-5-6-15)24(22(20)26(33)34)35-17-10-7-14(8-11-17)18-3-1-2-4-19(18)25-29-31-32-30-25;/h1-4,7-13,15H,5-6H2,(H,33,34)(H,29,30,31,32);. The molecule has 1 saturated carbocycles. The first kappa shape index (κ1) is 25.0. The number of H-pyrrole nitrogens is 1. The van der Waals surface area contributed by atoms with Crippen LogP contribution in [-0.4, -0.2) is 88.1 Å². The molecule has 1 fully saturated rings. The summed E-state index contributed by atoms with van der Waals surface area (Å²) in [4.78, 5) is 17.1. The molecule has 6 rings (SSSR count). The third-order valence-corrected chi connectivity index (χ3v) is 6.24. The molecule has 5 aromatic rings.